The first-order valence-corrected chi connectivity index (χ1v) is 13.3. The normalized spacial score (nSPS) is 18.1. The smallest absolute Gasteiger partial charge is 0.408 e. The van der Waals surface area contributed by atoms with Crippen LogP contribution in [0.4, 0.5) is 4.79 Å². The van der Waals surface area contributed by atoms with Gasteiger partial charge in [0, 0.05) is 12.6 Å². The summed E-state index contributed by atoms with van der Waals surface area (Å²) < 4.78 is 10.4. The lowest BCUT2D eigenvalue weighted by Crippen LogP contribution is -2.55. The summed E-state index contributed by atoms with van der Waals surface area (Å²) in [6.45, 7) is 16.8. The number of carbonyl (C=O) groups is 4. The van der Waals surface area contributed by atoms with Crippen LogP contribution in [-0.4, -0.2) is 59.6 Å². The van der Waals surface area contributed by atoms with Gasteiger partial charge in [0.2, 0.25) is 11.8 Å². The maximum absolute atomic E-state index is 14.1. The van der Waals surface area contributed by atoms with Gasteiger partial charge < -0.3 is 25.0 Å². The lowest BCUT2D eigenvalue weighted by Gasteiger charge is -2.36. The van der Waals surface area contributed by atoms with Gasteiger partial charge in [-0.05, 0) is 63.1 Å². The molecule has 0 aliphatic heterocycles. The summed E-state index contributed by atoms with van der Waals surface area (Å²) in [5.74, 6) is -1.27. The molecule has 0 bridgehead atoms. The second-order valence-electron chi connectivity index (χ2n) is 11.0. The Morgan fingerprint density at radius 1 is 1.21 bits per heavy atom. The van der Waals surface area contributed by atoms with E-state index < -0.39 is 35.7 Å². The van der Waals surface area contributed by atoms with Gasteiger partial charge in [-0.1, -0.05) is 51.6 Å². The average Bonchev–Trinajstić information content (AvgIpc) is 3.54. The molecule has 0 saturated heterocycles. The highest BCUT2D eigenvalue weighted by molar-refractivity contribution is 5.93. The monoisotopic (exact) mass is 529 g/mol. The summed E-state index contributed by atoms with van der Waals surface area (Å²) in [5, 5.41) is 5.54. The summed E-state index contributed by atoms with van der Waals surface area (Å²) in [5.41, 5.74) is 0.685. The molecule has 0 spiro atoms. The van der Waals surface area contributed by atoms with Crippen LogP contribution in [0, 0.1) is 11.8 Å². The van der Waals surface area contributed by atoms with Crippen molar-refractivity contribution in [3.8, 4) is 0 Å². The SMILES string of the molecule is C=Cc1cccc(C(C(=O)NCCC(=O)OCC)N(C(=O)C(NC(=O)OC(C)(C)C)C(C)C)C2CC2C)c1. The molecule has 3 amide bonds. The Balaban J connectivity index is 2.44. The third kappa shape index (κ3) is 8.89. The van der Waals surface area contributed by atoms with Crippen molar-refractivity contribution in [2.24, 2.45) is 11.8 Å². The zero-order chi connectivity index (χ0) is 28.6. The number of ether oxygens (including phenoxy) is 2. The number of nitrogens with zero attached hydrogens (tertiary/aromatic N) is 1. The van der Waals surface area contributed by atoms with E-state index in [2.05, 4.69) is 17.2 Å². The van der Waals surface area contributed by atoms with Crippen molar-refractivity contribution in [3.05, 3.63) is 42.0 Å². The van der Waals surface area contributed by atoms with E-state index in [0.29, 0.717) is 5.56 Å². The third-order valence-electron chi connectivity index (χ3n) is 6.21. The molecule has 1 saturated carbocycles. The summed E-state index contributed by atoms with van der Waals surface area (Å²) in [6, 6.07) is 5.22. The number of benzene rings is 1. The minimum Gasteiger partial charge on any atom is -0.466 e. The highest BCUT2D eigenvalue weighted by Gasteiger charge is 2.48. The maximum atomic E-state index is 14.1. The topological polar surface area (TPSA) is 114 Å². The van der Waals surface area contributed by atoms with Crippen molar-refractivity contribution in [1.29, 1.82) is 0 Å². The number of hydrogen-bond acceptors (Lipinski definition) is 6. The van der Waals surface area contributed by atoms with Gasteiger partial charge in [-0.3, -0.25) is 14.4 Å². The standard InChI is InChI=1S/C29H43N3O6/c1-9-20-12-11-13-21(17-20)25(26(34)30-15-14-23(33)37-10-2)32(22-16-19(22)5)27(35)24(18(3)4)31-28(36)38-29(6,7)8/h9,11-13,17-19,22,24-25H,1,10,14-16H2,2-8H3,(H,30,34)(H,31,36). The van der Waals surface area contributed by atoms with E-state index in [-0.39, 0.29) is 43.4 Å². The Bertz CT molecular complexity index is 1020. The molecule has 1 aromatic carbocycles. The Labute approximate surface area is 226 Å². The number of carbonyl (C=O) groups excluding carboxylic acids is 4. The molecular weight excluding hydrogens is 486 g/mol. The molecule has 0 heterocycles. The predicted molar refractivity (Wildman–Crippen MR) is 146 cm³/mol. The molecule has 2 rings (SSSR count). The Morgan fingerprint density at radius 3 is 2.39 bits per heavy atom. The van der Waals surface area contributed by atoms with Gasteiger partial charge in [-0.25, -0.2) is 4.79 Å². The molecule has 2 N–H and O–H groups in total. The summed E-state index contributed by atoms with van der Waals surface area (Å²) in [7, 11) is 0. The first-order valence-electron chi connectivity index (χ1n) is 13.3. The van der Waals surface area contributed by atoms with E-state index in [0.717, 1.165) is 12.0 Å². The van der Waals surface area contributed by atoms with E-state index in [1.807, 2.05) is 39.0 Å². The molecule has 9 heteroatoms. The van der Waals surface area contributed by atoms with Crippen LogP contribution in [-0.2, 0) is 23.9 Å². The molecule has 1 fully saturated rings. The number of hydrogen-bond donors (Lipinski definition) is 2. The lowest BCUT2D eigenvalue weighted by molar-refractivity contribution is -0.145. The predicted octanol–water partition coefficient (Wildman–Crippen LogP) is 4.23. The van der Waals surface area contributed by atoms with Crippen molar-refractivity contribution in [1.82, 2.24) is 15.5 Å². The minimum absolute atomic E-state index is 0.0155. The van der Waals surface area contributed by atoms with Crippen molar-refractivity contribution >= 4 is 30.0 Å². The van der Waals surface area contributed by atoms with Crippen molar-refractivity contribution < 1.29 is 28.7 Å². The van der Waals surface area contributed by atoms with Crippen LogP contribution in [0.2, 0.25) is 0 Å². The van der Waals surface area contributed by atoms with Crippen LogP contribution < -0.4 is 10.6 Å². The zero-order valence-corrected chi connectivity index (χ0v) is 23.7. The van der Waals surface area contributed by atoms with Gasteiger partial charge in [-0.2, -0.15) is 0 Å². The molecule has 9 nitrogen and oxygen atoms in total. The minimum atomic E-state index is -0.971. The van der Waals surface area contributed by atoms with Crippen molar-refractivity contribution in [2.75, 3.05) is 13.2 Å². The molecule has 210 valence electrons. The highest BCUT2D eigenvalue weighted by Crippen LogP contribution is 2.41. The summed E-state index contributed by atoms with van der Waals surface area (Å²) >= 11 is 0. The fraction of sp³-hybridized carbons (Fsp3) is 0.586. The van der Waals surface area contributed by atoms with Crippen LogP contribution in [0.15, 0.2) is 30.8 Å². The molecule has 1 aliphatic carbocycles. The van der Waals surface area contributed by atoms with E-state index >= 15 is 0 Å². The molecule has 0 radical (unpaired) electrons. The second kappa shape index (κ2) is 13.4. The number of alkyl carbamates (subject to hydrolysis) is 1. The molecule has 0 aromatic heterocycles. The Morgan fingerprint density at radius 2 is 1.87 bits per heavy atom. The van der Waals surface area contributed by atoms with Gasteiger partial charge in [0.15, 0.2) is 0 Å². The average molecular weight is 530 g/mol. The maximum Gasteiger partial charge on any atom is 0.408 e. The number of esters is 1. The largest absolute Gasteiger partial charge is 0.466 e. The molecule has 4 unspecified atom stereocenters. The highest BCUT2D eigenvalue weighted by atomic mass is 16.6. The van der Waals surface area contributed by atoms with E-state index in [1.54, 1.807) is 44.7 Å². The van der Waals surface area contributed by atoms with Crippen LogP contribution in [0.1, 0.15) is 78.5 Å². The first kappa shape index (κ1) is 30.9. The third-order valence-corrected chi connectivity index (χ3v) is 6.21. The molecule has 38 heavy (non-hydrogen) atoms. The Hall–Kier alpha value is -3.36. The second-order valence-corrected chi connectivity index (χ2v) is 11.0. The quantitative estimate of drug-likeness (QED) is 0.392. The van der Waals surface area contributed by atoms with Crippen LogP contribution in [0.5, 0.6) is 0 Å². The lowest BCUT2D eigenvalue weighted by atomic mass is 9.97. The molecular formula is C29H43N3O6. The number of nitrogens with one attached hydrogen (secondary N) is 2. The van der Waals surface area contributed by atoms with E-state index in [9.17, 15) is 19.2 Å². The number of rotatable bonds is 12. The van der Waals surface area contributed by atoms with Gasteiger partial charge in [-0.15, -0.1) is 0 Å². The fourth-order valence-corrected chi connectivity index (χ4v) is 4.19. The van der Waals surface area contributed by atoms with E-state index in [1.165, 1.54) is 0 Å². The van der Waals surface area contributed by atoms with Crippen molar-refractivity contribution in [2.45, 2.75) is 85.0 Å². The molecule has 1 aromatic rings. The molecule has 4 atom stereocenters. The van der Waals surface area contributed by atoms with Gasteiger partial charge in [0.1, 0.15) is 17.7 Å². The van der Waals surface area contributed by atoms with Crippen LogP contribution >= 0.6 is 0 Å². The van der Waals surface area contributed by atoms with Crippen molar-refractivity contribution in [3.63, 3.8) is 0 Å². The van der Waals surface area contributed by atoms with E-state index in [4.69, 9.17) is 9.47 Å². The summed E-state index contributed by atoms with van der Waals surface area (Å²) in [6.07, 6.45) is 1.72. The Kier molecular flexibility index (Phi) is 10.9. The van der Waals surface area contributed by atoms with Crippen LogP contribution in [0.3, 0.4) is 0 Å². The molecule has 1 aliphatic rings. The van der Waals surface area contributed by atoms with Gasteiger partial charge >= 0.3 is 12.1 Å². The first-order chi connectivity index (χ1) is 17.8. The summed E-state index contributed by atoms with van der Waals surface area (Å²) in [4.78, 5) is 53.8. The van der Waals surface area contributed by atoms with Gasteiger partial charge in [0.05, 0.1) is 13.0 Å². The van der Waals surface area contributed by atoms with Gasteiger partial charge in [0.25, 0.3) is 0 Å². The van der Waals surface area contributed by atoms with Crippen LogP contribution in [0.25, 0.3) is 6.08 Å². The zero-order valence-electron chi connectivity index (χ0n) is 23.7. The number of amides is 3. The fourth-order valence-electron chi connectivity index (χ4n) is 4.19.